The molecule has 0 saturated carbocycles. The van der Waals surface area contributed by atoms with Gasteiger partial charge in [-0.3, -0.25) is 4.98 Å². The van der Waals surface area contributed by atoms with Crippen LogP contribution in [0.3, 0.4) is 0 Å². The molecule has 1 heterocycles. The normalized spacial score (nSPS) is 11.5. The zero-order valence-corrected chi connectivity index (χ0v) is 13.2. The molecule has 114 valence electrons. The van der Waals surface area contributed by atoms with Gasteiger partial charge in [-0.25, -0.2) is 13.1 Å². The monoisotopic (exact) mass is 327 g/mol. The maximum Gasteiger partial charge on any atom is 0.241 e. The summed E-state index contributed by atoms with van der Waals surface area (Å²) in [7, 11) is -2.06. The van der Waals surface area contributed by atoms with E-state index >= 15 is 0 Å². The fourth-order valence-corrected chi connectivity index (χ4v) is 3.75. The molecule has 1 aromatic heterocycles. The Morgan fingerprint density at radius 2 is 2.24 bits per heavy atom. The van der Waals surface area contributed by atoms with Gasteiger partial charge in [-0.1, -0.05) is 0 Å². The van der Waals surface area contributed by atoms with Crippen LogP contribution in [0.4, 0.5) is 0 Å². The first-order valence-corrected chi connectivity index (χ1v) is 8.67. The Morgan fingerprint density at radius 1 is 1.43 bits per heavy atom. The predicted octanol–water partition coefficient (Wildman–Crippen LogP) is 1.13. The molecule has 0 amide bonds. The first-order chi connectivity index (χ1) is 10.1. The van der Waals surface area contributed by atoms with E-state index in [4.69, 9.17) is 10.5 Å². The van der Waals surface area contributed by atoms with Gasteiger partial charge in [0.1, 0.15) is 5.75 Å². The number of thiazole rings is 1. The number of aromatic nitrogens is 1. The Bertz CT molecular complexity index is 685. The highest BCUT2D eigenvalue weighted by Gasteiger charge is 2.18. The number of nitrogens with one attached hydrogen (secondary N) is 1. The van der Waals surface area contributed by atoms with Crippen LogP contribution in [0.5, 0.6) is 5.75 Å². The van der Waals surface area contributed by atoms with Crippen molar-refractivity contribution in [3.63, 3.8) is 0 Å². The van der Waals surface area contributed by atoms with Gasteiger partial charge in [0, 0.05) is 17.6 Å². The van der Waals surface area contributed by atoms with Gasteiger partial charge in [0.15, 0.2) is 0 Å². The van der Waals surface area contributed by atoms with Crippen LogP contribution < -0.4 is 15.2 Å². The molecule has 2 aromatic rings. The lowest BCUT2D eigenvalue weighted by Crippen LogP contribution is -2.24. The maximum absolute atomic E-state index is 12.4. The smallest absolute Gasteiger partial charge is 0.241 e. The van der Waals surface area contributed by atoms with Crippen LogP contribution in [0, 0.1) is 0 Å². The number of rotatable bonds is 7. The van der Waals surface area contributed by atoms with Crippen molar-refractivity contribution in [1.29, 1.82) is 0 Å². The molecule has 2 rings (SSSR count). The predicted molar refractivity (Wildman–Crippen MR) is 81.9 cm³/mol. The summed E-state index contributed by atoms with van der Waals surface area (Å²) in [4.78, 5) is 5.00. The van der Waals surface area contributed by atoms with Crippen molar-refractivity contribution < 1.29 is 13.2 Å². The fourth-order valence-electron chi connectivity index (χ4n) is 1.87. The van der Waals surface area contributed by atoms with Gasteiger partial charge in [-0.05, 0) is 36.7 Å². The minimum Gasteiger partial charge on any atom is -0.497 e. The molecule has 3 N–H and O–H groups in total. The summed E-state index contributed by atoms with van der Waals surface area (Å²) in [6, 6.07) is 4.87. The average Bonchev–Trinajstić information content (AvgIpc) is 2.99. The first-order valence-electron chi connectivity index (χ1n) is 6.31. The number of nitrogens with zero attached hydrogens (tertiary/aromatic N) is 1. The largest absolute Gasteiger partial charge is 0.497 e. The van der Waals surface area contributed by atoms with Crippen molar-refractivity contribution in [3.05, 3.63) is 40.3 Å². The Hall–Kier alpha value is -1.48. The molecule has 0 aliphatic carbocycles. The highest BCUT2D eigenvalue weighted by molar-refractivity contribution is 7.89. The third-order valence-electron chi connectivity index (χ3n) is 2.89. The number of hydrogen-bond donors (Lipinski definition) is 2. The maximum atomic E-state index is 12.4. The molecule has 0 fully saturated rings. The highest BCUT2D eigenvalue weighted by Crippen LogP contribution is 2.22. The van der Waals surface area contributed by atoms with Gasteiger partial charge in [0.2, 0.25) is 10.0 Å². The summed E-state index contributed by atoms with van der Waals surface area (Å²) in [5.41, 5.74) is 7.86. The zero-order valence-electron chi connectivity index (χ0n) is 11.6. The lowest BCUT2D eigenvalue weighted by atomic mass is 10.1. The molecular formula is C13H17N3O3S2. The first kappa shape index (κ1) is 15.9. The number of benzene rings is 1. The molecule has 0 atom stereocenters. The van der Waals surface area contributed by atoms with E-state index in [1.165, 1.54) is 18.4 Å². The van der Waals surface area contributed by atoms with E-state index in [0.29, 0.717) is 24.3 Å². The average molecular weight is 327 g/mol. The standard InChI is InChI=1S/C13H17N3O3S2/c1-19-11-2-3-13(10(6-11)4-5-14)21(17,18)16-8-12-7-15-9-20-12/h2-3,6-7,9,16H,4-5,8,14H2,1H3. The molecule has 0 radical (unpaired) electrons. The molecule has 21 heavy (non-hydrogen) atoms. The third kappa shape index (κ3) is 4.01. The molecule has 1 aromatic carbocycles. The lowest BCUT2D eigenvalue weighted by molar-refractivity contribution is 0.413. The van der Waals surface area contributed by atoms with E-state index in [-0.39, 0.29) is 11.4 Å². The molecule has 0 spiro atoms. The van der Waals surface area contributed by atoms with Crippen LogP contribution in [0.25, 0.3) is 0 Å². The molecule has 0 saturated heterocycles. The van der Waals surface area contributed by atoms with Crippen LogP contribution in [0.2, 0.25) is 0 Å². The summed E-state index contributed by atoms with van der Waals surface area (Å²) in [5, 5.41) is 0. The summed E-state index contributed by atoms with van der Waals surface area (Å²) in [6.45, 7) is 0.589. The molecule has 6 nitrogen and oxygen atoms in total. The van der Waals surface area contributed by atoms with E-state index in [0.717, 1.165) is 4.88 Å². The Labute approximate surface area is 128 Å². The minimum atomic E-state index is -3.60. The van der Waals surface area contributed by atoms with Crippen molar-refractivity contribution >= 4 is 21.4 Å². The number of hydrogen-bond acceptors (Lipinski definition) is 6. The van der Waals surface area contributed by atoms with E-state index in [1.807, 2.05) is 0 Å². The van der Waals surface area contributed by atoms with Crippen molar-refractivity contribution in [2.45, 2.75) is 17.9 Å². The van der Waals surface area contributed by atoms with Crippen molar-refractivity contribution in [3.8, 4) is 5.75 Å². The summed E-state index contributed by atoms with van der Waals surface area (Å²) < 4.78 is 32.5. The molecule has 0 aliphatic heterocycles. The molecule has 0 aliphatic rings. The van der Waals surface area contributed by atoms with Crippen LogP contribution in [-0.4, -0.2) is 27.1 Å². The van der Waals surface area contributed by atoms with Crippen molar-refractivity contribution in [1.82, 2.24) is 9.71 Å². The summed E-state index contributed by atoms with van der Waals surface area (Å²) in [5.74, 6) is 0.611. The van der Waals surface area contributed by atoms with E-state index in [2.05, 4.69) is 9.71 Å². The molecular weight excluding hydrogens is 310 g/mol. The quantitative estimate of drug-likeness (QED) is 0.795. The summed E-state index contributed by atoms with van der Waals surface area (Å²) in [6.07, 6.45) is 2.11. The van der Waals surface area contributed by atoms with E-state index in [9.17, 15) is 8.42 Å². The lowest BCUT2D eigenvalue weighted by Gasteiger charge is -2.12. The SMILES string of the molecule is COc1ccc(S(=O)(=O)NCc2cncs2)c(CCN)c1. The Kier molecular flexibility index (Phi) is 5.29. The van der Waals surface area contributed by atoms with Crippen LogP contribution >= 0.6 is 11.3 Å². The number of methoxy groups -OCH3 is 1. The topological polar surface area (TPSA) is 94.3 Å². The number of nitrogens with two attached hydrogens (primary N) is 1. The van der Waals surface area contributed by atoms with Gasteiger partial charge >= 0.3 is 0 Å². The van der Waals surface area contributed by atoms with E-state index < -0.39 is 10.0 Å². The summed E-state index contributed by atoms with van der Waals surface area (Å²) >= 11 is 1.40. The van der Waals surface area contributed by atoms with Crippen molar-refractivity contribution in [2.24, 2.45) is 5.73 Å². The van der Waals surface area contributed by atoms with Crippen molar-refractivity contribution in [2.75, 3.05) is 13.7 Å². The number of sulfonamides is 1. The van der Waals surface area contributed by atoms with Crippen LogP contribution in [-0.2, 0) is 23.0 Å². The molecule has 0 bridgehead atoms. The van der Waals surface area contributed by atoms with Gasteiger partial charge in [-0.2, -0.15) is 0 Å². The number of ether oxygens (including phenoxy) is 1. The Morgan fingerprint density at radius 3 is 2.86 bits per heavy atom. The van der Waals surface area contributed by atoms with Gasteiger partial charge in [0.05, 0.1) is 17.5 Å². The van der Waals surface area contributed by atoms with E-state index in [1.54, 1.807) is 29.9 Å². The second-order valence-electron chi connectivity index (χ2n) is 4.30. The van der Waals surface area contributed by atoms with Gasteiger partial charge in [-0.15, -0.1) is 11.3 Å². The second kappa shape index (κ2) is 6.99. The Balaban J connectivity index is 2.25. The highest BCUT2D eigenvalue weighted by atomic mass is 32.2. The van der Waals surface area contributed by atoms with Crippen LogP contribution in [0.1, 0.15) is 10.4 Å². The minimum absolute atomic E-state index is 0.223. The second-order valence-corrected chi connectivity index (χ2v) is 7.01. The van der Waals surface area contributed by atoms with Gasteiger partial charge < -0.3 is 10.5 Å². The third-order valence-corrected chi connectivity index (χ3v) is 5.17. The molecule has 0 unspecified atom stereocenters. The zero-order chi connectivity index (χ0) is 15.3. The van der Waals surface area contributed by atoms with Crippen LogP contribution in [0.15, 0.2) is 34.8 Å². The van der Waals surface area contributed by atoms with Gasteiger partial charge in [0.25, 0.3) is 0 Å². The fraction of sp³-hybridized carbons (Fsp3) is 0.308. The molecule has 8 heteroatoms.